The van der Waals surface area contributed by atoms with Crippen molar-refractivity contribution in [2.75, 3.05) is 26.2 Å². The number of carboxylic acid groups (broad SMARTS) is 1. The topological polar surface area (TPSA) is 89.9 Å². The number of likely N-dealkylation sites (tertiary alicyclic amines) is 1. The Bertz CT molecular complexity index is 333. The summed E-state index contributed by atoms with van der Waals surface area (Å²) in [6.45, 7) is 5.83. The molecule has 0 radical (unpaired) electrons. The lowest BCUT2D eigenvalue weighted by Crippen LogP contribution is -2.41. The van der Waals surface area contributed by atoms with E-state index in [0.29, 0.717) is 25.6 Å². The minimum absolute atomic E-state index is 0.0345. The average molecular weight is 286 g/mol. The Morgan fingerprint density at radius 3 is 2.60 bits per heavy atom. The molecule has 6 nitrogen and oxygen atoms in total. The number of hydrogen-bond donors (Lipinski definition) is 3. The van der Waals surface area contributed by atoms with Crippen LogP contribution in [0.1, 0.15) is 33.1 Å². The van der Waals surface area contributed by atoms with E-state index in [4.69, 9.17) is 10.2 Å². The molecule has 0 bridgehead atoms. The van der Waals surface area contributed by atoms with Crippen molar-refractivity contribution < 1.29 is 19.8 Å². The highest BCUT2D eigenvalue weighted by Gasteiger charge is 2.26. The maximum atomic E-state index is 12.0. The van der Waals surface area contributed by atoms with Crippen molar-refractivity contribution >= 4 is 12.0 Å². The van der Waals surface area contributed by atoms with Gasteiger partial charge in [-0.15, -0.1) is 0 Å². The minimum Gasteiger partial charge on any atom is -0.481 e. The zero-order chi connectivity index (χ0) is 15.1. The number of rotatable bonds is 7. The number of aliphatic carboxylic acids is 1. The van der Waals surface area contributed by atoms with E-state index in [9.17, 15) is 9.59 Å². The van der Waals surface area contributed by atoms with Crippen molar-refractivity contribution in [3.8, 4) is 0 Å². The van der Waals surface area contributed by atoms with E-state index in [0.717, 1.165) is 12.8 Å². The first-order valence-electron chi connectivity index (χ1n) is 7.27. The molecule has 0 spiro atoms. The molecular weight excluding hydrogens is 260 g/mol. The molecular formula is C14H26N2O4. The summed E-state index contributed by atoms with van der Waals surface area (Å²) in [4.78, 5) is 24.5. The lowest BCUT2D eigenvalue weighted by Gasteiger charge is -2.21. The molecule has 1 saturated heterocycles. The maximum absolute atomic E-state index is 12.0. The number of carbonyl (C=O) groups excluding carboxylic acids is 1. The molecule has 2 amide bonds. The lowest BCUT2D eigenvalue weighted by molar-refractivity contribution is -0.138. The average Bonchev–Trinajstić information content (AvgIpc) is 2.83. The van der Waals surface area contributed by atoms with Gasteiger partial charge in [0.1, 0.15) is 0 Å². The summed E-state index contributed by atoms with van der Waals surface area (Å²) in [5.41, 5.74) is 0. The van der Waals surface area contributed by atoms with Crippen molar-refractivity contribution in [2.45, 2.75) is 33.1 Å². The molecule has 20 heavy (non-hydrogen) atoms. The standard InChI is InChI=1S/C14H26N2O4/c1-10(2)5-12(6-13(18)19)7-15-14(20)16-4-3-11(8-16)9-17/h10-12,17H,3-9H2,1-2H3,(H,15,20)(H,18,19)/t11?,12-/m0/s1. The van der Waals surface area contributed by atoms with E-state index >= 15 is 0 Å². The van der Waals surface area contributed by atoms with Crippen molar-refractivity contribution in [3.05, 3.63) is 0 Å². The third-order valence-electron chi connectivity index (χ3n) is 3.64. The second-order valence-corrected chi connectivity index (χ2v) is 6.06. The van der Waals surface area contributed by atoms with Crippen molar-refractivity contribution in [2.24, 2.45) is 17.8 Å². The van der Waals surface area contributed by atoms with Gasteiger partial charge in [-0.1, -0.05) is 13.8 Å². The fourth-order valence-electron chi connectivity index (χ4n) is 2.66. The molecule has 6 heteroatoms. The normalized spacial score (nSPS) is 20.2. The van der Waals surface area contributed by atoms with E-state index in [1.165, 1.54) is 0 Å². The van der Waals surface area contributed by atoms with Crippen molar-refractivity contribution in [3.63, 3.8) is 0 Å². The van der Waals surface area contributed by atoms with Crippen LogP contribution in [0, 0.1) is 17.8 Å². The first-order valence-corrected chi connectivity index (χ1v) is 7.27. The van der Waals surface area contributed by atoms with Gasteiger partial charge >= 0.3 is 12.0 Å². The Morgan fingerprint density at radius 1 is 1.40 bits per heavy atom. The van der Waals surface area contributed by atoms with E-state index in [-0.39, 0.29) is 30.9 Å². The van der Waals surface area contributed by atoms with Crippen LogP contribution in [-0.4, -0.2) is 53.4 Å². The molecule has 1 aliphatic rings. The van der Waals surface area contributed by atoms with Gasteiger partial charge in [-0.25, -0.2) is 4.79 Å². The largest absolute Gasteiger partial charge is 0.481 e. The lowest BCUT2D eigenvalue weighted by atomic mass is 9.94. The maximum Gasteiger partial charge on any atom is 0.317 e. The Hall–Kier alpha value is -1.30. The molecule has 0 saturated carbocycles. The third-order valence-corrected chi connectivity index (χ3v) is 3.64. The number of aliphatic hydroxyl groups excluding tert-OH is 1. The second-order valence-electron chi connectivity index (χ2n) is 6.06. The van der Waals surface area contributed by atoms with Gasteiger partial charge in [-0.2, -0.15) is 0 Å². The van der Waals surface area contributed by atoms with Crippen LogP contribution in [0.2, 0.25) is 0 Å². The second kappa shape index (κ2) is 8.09. The number of amides is 2. The van der Waals surface area contributed by atoms with Gasteiger partial charge in [0.25, 0.3) is 0 Å². The Balaban J connectivity index is 2.38. The van der Waals surface area contributed by atoms with Gasteiger partial charge in [0, 0.05) is 38.6 Å². The van der Waals surface area contributed by atoms with Gasteiger partial charge in [-0.05, 0) is 24.7 Å². The summed E-state index contributed by atoms with van der Waals surface area (Å²) >= 11 is 0. The monoisotopic (exact) mass is 286 g/mol. The van der Waals surface area contributed by atoms with Crippen LogP contribution in [0.5, 0.6) is 0 Å². The molecule has 2 atom stereocenters. The fraction of sp³-hybridized carbons (Fsp3) is 0.857. The molecule has 0 aromatic rings. The zero-order valence-corrected chi connectivity index (χ0v) is 12.3. The molecule has 1 fully saturated rings. The van der Waals surface area contributed by atoms with Crippen LogP contribution in [0.3, 0.4) is 0 Å². The predicted molar refractivity (Wildman–Crippen MR) is 75.4 cm³/mol. The van der Waals surface area contributed by atoms with E-state index in [2.05, 4.69) is 5.32 Å². The highest BCUT2D eigenvalue weighted by molar-refractivity contribution is 5.74. The quantitative estimate of drug-likeness (QED) is 0.655. The molecule has 116 valence electrons. The Kier molecular flexibility index (Phi) is 6.78. The highest BCUT2D eigenvalue weighted by atomic mass is 16.4. The summed E-state index contributed by atoms with van der Waals surface area (Å²) in [5, 5.41) is 20.8. The van der Waals surface area contributed by atoms with Crippen LogP contribution in [0.4, 0.5) is 4.79 Å². The number of carbonyl (C=O) groups is 2. The van der Waals surface area contributed by atoms with Crippen LogP contribution >= 0.6 is 0 Å². The van der Waals surface area contributed by atoms with Gasteiger partial charge in [0.05, 0.1) is 0 Å². The summed E-state index contributed by atoms with van der Waals surface area (Å²) in [5.74, 6) is -0.285. The van der Waals surface area contributed by atoms with Crippen LogP contribution < -0.4 is 5.32 Å². The number of urea groups is 1. The van der Waals surface area contributed by atoms with Crippen LogP contribution in [0.25, 0.3) is 0 Å². The molecule has 3 N–H and O–H groups in total. The predicted octanol–water partition coefficient (Wildman–Crippen LogP) is 1.15. The summed E-state index contributed by atoms with van der Waals surface area (Å²) in [6.07, 6.45) is 1.69. The van der Waals surface area contributed by atoms with E-state index in [1.54, 1.807) is 4.90 Å². The molecule has 1 rings (SSSR count). The molecule has 0 aliphatic carbocycles. The first kappa shape index (κ1) is 16.8. The molecule has 0 aromatic heterocycles. The molecule has 0 aromatic carbocycles. The Labute approximate surface area is 120 Å². The van der Waals surface area contributed by atoms with Gasteiger partial charge in [-0.3, -0.25) is 4.79 Å². The fourth-order valence-corrected chi connectivity index (χ4v) is 2.66. The summed E-state index contributed by atoms with van der Waals surface area (Å²) in [7, 11) is 0. The van der Waals surface area contributed by atoms with Crippen LogP contribution in [0.15, 0.2) is 0 Å². The highest BCUT2D eigenvalue weighted by Crippen LogP contribution is 2.17. The van der Waals surface area contributed by atoms with Gasteiger partial charge in [0.2, 0.25) is 0 Å². The SMILES string of the molecule is CC(C)C[C@H](CNC(=O)N1CCC(CO)C1)CC(=O)O. The number of hydrogen-bond acceptors (Lipinski definition) is 3. The smallest absolute Gasteiger partial charge is 0.317 e. The number of nitrogens with one attached hydrogen (secondary N) is 1. The third kappa shape index (κ3) is 5.77. The minimum atomic E-state index is -0.827. The number of carboxylic acids is 1. The first-order chi connectivity index (χ1) is 9.42. The number of nitrogens with zero attached hydrogens (tertiary/aromatic N) is 1. The van der Waals surface area contributed by atoms with E-state index in [1.807, 2.05) is 13.8 Å². The van der Waals surface area contributed by atoms with Crippen molar-refractivity contribution in [1.29, 1.82) is 0 Å². The molecule has 1 heterocycles. The van der Waals surface area contributed by atoms with Crippen molar-refractivity contribution in [1.82, 2.24) is 10.2 Å². The van der Waals surface area contributed by atoms with Gasteiger partial charge in [0.15, 0.2) is 0 Å². The van der Waals surface area contributed by atoms with Gasteiger partial charge < -0.3 is 20.4 Å². The number of aliphatic hydroxyl groups is 1. The Morgan fingerprint density at radius 2 is 2.10 bits per heavy atom. The van der Waals surface area contributed by atoms with E-state index < -0.39 is 5.97 Å². The summed E-state index contributed by atoms with van der Waals surface area (Å²) in [6, 6.07) is -0.153. The van der Waals surface area contributed by atoms with Crippen LogP contribution in [-0.2, 0) is 4.79 Å². The summed E-state index contributed by atoms with van der Waals surface area (Å²) < 4.78 is 0. The molecule has 1 aliphatic heterocycles. The molecule has 1 unspecified atom stereocenters. The zero-order valence-electron chi connectivity index (χ0n) is 12.3.